The van der Waals surface area contributed by atoms with Crippen molar-refractivity contribution in [3.63, 3.8) is 0 Å². The summed E-state index contributed by atoms with van der Waals surface area (Å²) in [4.78, 5) is 9.16. The van der Waals surface area contributed by atoms with E-state index in [1.165, 1.54) is 0 Å². The van der Waals surface area contributed by atoms with E-state index in [1.807, 2.05) is 0 Å². The maximum absolute atomic E-state index is 13.5. The average molecular weight is 354 g/mol. The summed E-state index contributed by atoms with van der Waals surface area (Å²) in [6.45, 7) is 1.06. The van der Waals surface area contributed by atoms with Crippen LogP contribution in [-0.2, 0) is 10.0 Å². The molecule has 0 radical (unpaired) electrons. The van der Waals surface area contributed by atoms with E-state index in [0.717, 1.165) is 37.6 Å². The minimum atomic E-state index is -4.11. The summed E-state index contributed by atoms with van der Waals surface area (Å²) in [5, 5.41) is 14.1. The van der Waals surface area contributed by atoms with Gasteiger partial charge in [-0.25, -0.2) is 13.1 Å². The molecule has 0 unspecified atom stereocenters. The number of nitrogens with zero attached hydrogens (tertiary/aromatic N) is 1. The smallest absolute Gasteiger partial charge is 0.314 e. The lowest BCUT2D eigenvalue weighted by Gasteiger charge is -2.11. The molecular formula is C12H17ClFN3O4S. The Labute approximate surface area is 133 Å². The van der Waals surface area contributed by atoms with Gasteiger partial charge in [0, 0.05) is 12.6 Å². The molecule has 7 nitrogen and oxygen atoms in total. The number of nitrogens with one attached hydrogen (secondary N) is 2. The largest absolute Gasteiger partial charge is 0.324 e. The van der Waals surface area contributed by atoms with Crippen LogP contribution in [0.15, 0.2) is 23.1 Å². The van der Waals surface area contributed by atoms with Crippen molar-refractivity contribution in [2.45, 2.75) is 30.2 Å². The van der Waals surface area contributed by atoms with E-state index in [1.54, 1.807) is 0 Å². The third-order valence-corrected chi connectivity index (χ3v) is 4.86. The van der Waals surface area contributed by atoms with E-state index >= 15 is 0 Å². The maximum Gasteiger partial charge on any atom is 0.324 e. The lowest BCUT2D eigenvalue weighted by molar-refractivity contribution is -0.390. The summed E-state index contributed by atoms with van der Waals surface area (Å²) >= 11 is 0. The Morgan fingerprint density at radius 1 is 1.45 bits per heavy atom. The molecule has 2 N–H and O–H groups in total. The second-order valence-corrected chi connectivity index (χ2v) is 6.56. The highest BCUT2D eigenvalue weighted by Crippen LogP contribution is 2.26. The van der Waals surface area contributed by atoms with Gasteiger partial charge in [0.15, 0.2) is 4.90 Å². The van der Waals surface area contributed by atoms with Crippen molar-refractivity contribution in [2.24, 2.45) is 0 Å². The van der Waals surface area contributed by atoms with Crippen molar-refractivity contribution in [1.29, 1.82) is 0 Å². The first-order valence-electron chi connectivity index (χ1n) is 6.58. The monoisotopic (exact) mass is 353 g/mol. The van der Waals surface area contributed by atoms with Crippen LogP contribution in [0.25, 0.3) is 0 Å². The number of hydrogen-bond acceptors (Lipinski definition) is 5. The van der Waals surface area contributed by atoms with Crippen molar-refractivity contribution < 1.29 is 17.7 Å². The van der Waals surface area contributed by atoms with E-state index < -0.39 is 31.3 Å². The Bertz CT molecular complexity index is 635. The summed E-state index contributed by atoms with van der Waals surface area (Å²) in [6.07, 6.45) is 2.61. The van der Waals surface area contributed by atoms with E-state index in [4.69, 9.17) is 0 Å². The molecule has 1 heterocycles. The highest BCUT2D eigenvalue weighted by Gasteiger charge is 2.29. The van der Waals surface area contributed by atoms with Gasteiger partial charge in [0.25, 0.3) is 0 Å². The average Bonchev–Trinajstić information content (AvgIpc) is 2.91. The number of para-hydroxylation sites is 1. The molecule has 0 saturated carbocycles. The van der Waals surface area contributed by atoms with E-state index in [-0.39, 0.29) is 25.0 Å². The van der Waals surface area contributed by atoms with Crippen LogP contribution < -0.4 is 10.0 Å². The lowest BCUT2D eigenvalue weighted by Crippen LogP contribution is -2.31. The fraction of sp³-hybridized carbons (Fsp3) is 0.500. The third-order valence-electron chi connectivity index (χ3n) is 3.37. The summed E-state index contributed by atoms with van der Waals surface area (Å²) in [7, 11) is -4.11. The van der Waals surface area contributed by atoms with Crippen molar-refractivity contribution >= 4 is 28.1 Å². The van der Waals surface area contributed by atoms with Crippen molar-refractivity contribution in [3.8, 4) is 0 Å². The summed E-state index contributed by atoms with van der Waals surface area (Å²) in [5.41, 5.74) is -1.02. The Hall–Kier alpha value is -1.29. The van der Waals surface area contributed by atoms with Crippen LogP contribution in [0.1, 0.15) is 19.3 Å². The topological polar surface area (TPSA) is 101 Å². The summed E-state index contributed by atoms with van der Waals surface area (Å²) in [6, 6.07) is 3.27. The number of rotatable bonds is 6. The second kappa shape index (κ2) is 7.82. The fourth-order valence-corrected chi connectivity index (χ4v) is 3.56. The van der Waals surface area contributed by atoms with Crippen molar-refractivity contribution in [3.05, 3.63) is 34.1 Å². The molecule has 1 fully saturated rings. The van der Waals surface area contributed by atoms with Crippen LogP contribution in [0.3, 0.4) is 0 Å². The van der Waals surface area contributed by atoms with Gasteiger partial charge in [0.1, 0.15) is 0 Å². The first-order chi connectivity index (χ1) is 9.92. The van der Waals surface area contributed by atoms with E-state index in [9.17, 15) is 22.9 Å². The zero-order valence-corrected chi connectivity index (χ0v) is 13.3. The SMILES string of the molecule is Cl.O=[N+]([O-])c1c(F)cccc1S(=O)(=O)NCC[C@H]1CCCN1. The van der Waals surface area contributed by atoms with Crippen molar-refractivity contribution in [1.82, 2.24) is 10.0 Å². The van der Waals surface area contributed by atoms with Crippen LogP contribution in [0.4, 0.5) is 10.1 Å². The molecule has 1 aromatic carbocycles. The van der Waals surface area contributed by atoms with Gasteiger partial charge in [-0.3, -0.25) is 10.1 Å². The van der Waals surface area contributed by atoms with Gasteiger partial charge >= 0.3 is 5.69 Å². The van der Waals surface area contributed by atoms with Gasteiger partial charge in [-0.05, 0) is 37.9 Å². The molecule has 0 aliphatic carbocycles. The molecular weight excluding hydrogens is 337 g/mol. The second-order valence-electron chi connectivity index (χ2n) is 4.82. The number of hydrogen-bond donors (Lipinski definition) is 2. The minimum Gasteiger partial charge on any atom is -0.314 e. The summed E-state index contributed by atoms with van der Waals surface area (Å²) < 4.78 is 39.9. The maximum atomic E-state index is 13.5. The molecule has 1 atom stereocenters. The van der Waals surface area contributed by atoms with E-state index in [0.29, 0.717) is 6.42 Å². The first-order valence-corrected chi connectivity index (χ1v) is 8.06. The van der Waals surface area contributed by atoms with Crippen LogP contribution >= 0.6 is 12.4 Å². The van der Waals surface area contributed by atoms with Gasteiger partial charge in [0.05, 0.1) is 4.92 Å². The molecule has 2 rings (SSSR count). The Morgan fingerprint density at radius 2 is 2.18 bits per heavy atom. The highest BCUT2D eigenvalue weighted by atomic mass is 35.5. The summed E-state index contributed by atoms with van der Waals surface area (Å²) in [5.74, 6) is -1.17. The quantitative estimate of drug-likeness (QED) is 0.597. The van der Waals surface area contributed by atoms with Crippen LogP contribution in [0.2, 0.25) is 0 Å². The van der Waals surface area contributed by atoms with Gasteiger partial charge in [-0.1, -0.05) is 6.07 Å². The molecule has 124 valence electrons. The Kier molecular flexibility index (Phi) is 6.66. The predicted octanol–water partition coefficient (Wildman–Crippen LogP) is 1.58. The number of nitro groups is 1. The number of halogens is 2. The van der Waals surface area contributed by atoms with Gasteiger partial charge < -0.3 is 5.32 Å². The normalized spacial score (nSPS) is 18.0. The van der Waals surface area contributed by atoms with Crippen LogP contribution in [-0.4, -0.2) is 32.5 Å². The van der Waals surface area contributed by atoms with E-state index in [2.05, 4.69) is 10.0 Å². The Balaban J connectivity index is 0.00000242. The molecule has 0 amide bonds. The van der Waals surface area contributed by atoms with Gasteiger partial charge in [-0.2, -0.15) is 4.39 Å². The third kappa shape index (κ3) is 4.35. The fourth-order valence-electron chi connectivity index (χ4n) is 2.34. The number of sulfonamides is 1. The number of nitro benzene ring substituents is 1. The number of benzene rings is 1. The molecule has 0 bridgehead atoms. The molecule has 1 saturated heterocycles. The minimum absolute atomic E-state index is 0. The zero-order valence-electron chi connectivity index (χ0n) is 11.6. The van der Waals surface area contributed by atoms with Crippen LogP contribution in [0, 0.1) is 15.9 Å². The highest BCUT2D eigenvalue weighted by molar-refractivity contribution is 7.89. The standard InChI is InChI=1S/C12H16FN3O4S.ClH/c13-10-4-1-5-11(12(10)16(17)18)21(19,20)15-8-6-9-3-2-7-14-9;/h1,4-5,9,14-15H,2-3,6-8H2;1H/t9-;/m1./s1. The molecule has 22 heavy (non-hydrogen) atoms. The van der Waals surface area contributed by atoms with Crippen molar-refractivity contribution in [2.75, 3.05) is 13.1 Å². The predicted molar refractivity (Wildman–Crippen MR) is 81.1 cm³/mol. The zero-order chi connectivity index (χ0) is 15.5. The molecule has 10 heteroatoms. The molecule has 1 aliphatic heterocycles. The van der Waals surface area contributed by atoms with Crippen LogP contribution in [0.5, 0.6) is 0 Å². The molecule has 0 spiro atoms. The van der Waals surface area contributed by atoms with Gasteiger partial charge in [0.2, 0.25) is 15.8 Å². The lowest BCUT2D eigenvalue weighted by atomic mass is 10.2. The van der Waals surface area contributed by atoms with Gasteiger partial charge in [-0.15, -0.1) is 12.4 Å². The Morgan fingerprint density at radius 3 is 2.77 bits per heavy atom. The molecule has 1 aliphatic rings. The molecule has 0 aromatic heterocycles. The first kappa shape index (κ1) is 18.8. The molecule has 1 aromatic rings.